The predicted octanol–water partition coefficient (Wildman–Crippen LogP) is 0.364. The minimum atomic E-state index is 0.439. The summed E-state index contributed by atoms with van der Waals surface area (Å²) in [6.07, 6.45) is 7.84. The molecule has 1 unspecified atom stereocenters. The fraction of sp³-hybridized carbons (Fsp3) is 0.538. The minimum absolute atomic E-state index is 0.439. The second kappa shape index (κ2) is 5.96. The van der Waals surface area contributed by atoms with Crippen molar-refractivity contribution in [3.63, 3.8) is 0 Å². The van der Waals surface area contributed by atoms with Crippen molar-refractivity contribution < 1.29 is 0 Å². The first-order chi connectivity index (χ1) is 9.81. The molecule has 0 bridgehead atoms. The van der Waals surface area contributed by atoms with E-state index in [0.29, 0.717) is 6.04 Å². The van der Waals surface area contributed by atoms with E-state index in [-0.39, 0.29) is 0 Å². The van der Waals surface area contributed by atoms with E-state index in [4.69, 9.17) is 0 Å². The Balaban J connectivity index is 1.55. The molecule has 1 aliphatic rings. The second-order valence-corrected chi connectivity index (χ2v) is 5.10. The van der Waals surface area contributed by atoms with Gasteiger partial charge in [0.25, 0.3) is 0 Å². The van der Waals surface area contributed by atoms with Gasteiger partial charge in [-0.15, -0.1) is 5.10 Å². The number of anilines is 1. The van der Waals surface area contributed by atoms with E-state index < -0.39 is 0 Å². The van der Waals surface area contributed by atoms with E-state index in [1.807, 2.05) is 19.3 Å². The monoisotopic (exact) mass is 273 g/mol. The largest absolute Gasteiger partial charge is 0.339 e. The average molecular weight is 273 g/mol. The Bertz CT molecular complexity index is 539. The SMILES string of the molecule is Cn1cc(CNC2CCCN(c3ncccn3)C2)nn1. The molecule has 1 aliphatic heterocycles. The van der Waals surface area contributed by atoms with E-state index in [1.54, 1.807) is 17.1 Å². The van der Waals surface area contributed by atoms with Crippen LogP contribution in [0.2, 0.25) is 0 Å². The fourth-order valence-electron chi connectivity index (χ4n) is 2.51. The first-order valence-electron chi connectivity index (χ1n) is 6.92. The first kappa shape index (κ1) is 13.0. The highest BCUT2D eigenvalue weighted by atomic mass is 15.4. The van der Waals surface area contributed by atoms with Gasteiger partial charge in [0, 0.05) is 51.3 Å². The van der Waals surface area contributed by atoms with Crippen molar-refractivity contribution in [2.24, 2.45) is 7.05 Å². The summed E-state index contributed by atoms with van der Waals surface area (Å²) in [7, 11) is 1.88. The van der Waals surface area contributed by atoms with Crippen LogP contribution in [0.5, 0.6) is 0 Å². The lowest BCUT2D eigenvalue weighted by atomic mass is 10.1. The summed E-state index contributed by atoms with van der Waals surface area (Å²) in [5.74, 6) is 0.818. The van der Waals surface area contributed by atoms with Crippen molar-refractivity contribution in [3.8, 4) is 0 Å². The quantitative estimate of drug-likeness (QED) is 0.867. The molecular weight excluding hydrogens is 254 g/mol. The summed E-state index contributed by atoms with van der Waals surface area (Å²) >= 11 is 0. The van der Waals surface area contributed by atoms with Gasteiger partial charge in [0.15, 0.2) is 0 Å². The van der Waals surface area contributed by atoms with E-state index >= 15 is 0 Å². The number of hydrogen-bond acceptors (Lipinski definition) is 6. The highest BCUT2D eigenvalue weighted by Gasteiger charge is 2.21. The highest BCUT2D eigenvalue weighted by molar-refractivity contribution is 5.29. The summed E-state index contributed by atoms with van der Waals surface area (Å²) in [5.41, 5.74) is 0.973. The van der Waals surface area contributed by atoms with E-state index in [0.717, 1.165) is 37.7 Å². The molecule has 7 heteroatoms. The van der Waals surface area contributed by atoms with Crippen LogP contribution in [-0.4, -0.2) is 44.1 Å². The highest BCUT2D eigenvalue weighted by Crippen LogP contribution is 2.15. The van der Waals surface area contributed by atoms with Crippen LogP contribution in [-0.2, 0) is 13.6 Å². The molecule has 7 nitrogen and oxygen atoms in total. The maximum absolute atomic E-state index is 4.32. The van der Waals surface area contributed by atoms with E-state index in [9.17, 15) is 0 Å². The maximum Gasteiger partial charge on any atom is 0.225 e. The topological polar surface area (TPSA) is 71.8 Å². The third-order valence-corrected chi connectivity index (χ3v) is 3.48. The number of aryl methyl sites for hydroxylation is 1. The zero-order chi connectivity index (χ0) is 13.8. The maximum atomic E-state index is 4.32. The summed E-state index contributed by atoms with van der Waals surface area (Å²) in [4.78, 5) is 10.9. The zero-order valence-corrected chi connectivity index (χ0v) is 11.6. The van der Waals surface area contributed by atoms with Gasteiger partial charge in [-0.3, -0.25) is 4.68 Å². The molecule has 0 amide bonds. The summed E-state index contributed by atoms with van der Waals surface area (Å²) < 4.78 is 1.72. The van der Waals surface area contributed by atoms with Crippen LogP contribution in [0.15, 0.2) is 24.7 Å². The van der Waals surface area contributed by atoms with Crippen molar-refractivity contribution in [2.45, 2.75) is 25.4 Å². The number of rotatable bonds is 4. The molecule has 1 atom stereocenters. The average Bonchev–Trinajstić information content (AvgIpc) is 2.92. The minimum Gasteiger partial charge on any atom is -0.339 e. The summed E-state index contributed by atoms with van der Waals surface area (Å²) in [6.45, 7) is 2.71. The lowest BCUT2D eigenvalue weighted by molar-refractivity contribution is 0.416. The standard InChI is InChI=1S/C13H19N7/c1-19-9-12(17-18-19)8-16-11-4-2-7-20(10-11)13-14-5-3-6-15-13/h3,5-6,9,11,16H,2,4,7-8,10H2,1H3. The van der Waals surface area contributed by atoms with Gasteiger partial charge in [0.1, 0.15) is 0 Å². The van der Waals surface area contributed by atoms with Crippen molar-refractivity contribution in [3.05, 3.63) is 30.4 Å². The normalized spacial score (nSPS) is 19.2. The molecule has 20 heavy (non-hydrogen) atoms. The molecule has 3 heterocycles. The lowest BCUT2D eigenvalue weighted by Crippen LogP contribution is -2.46. The van der Waals surface area contributed by atoms with Crippen molar-refractivity contribution in [2.75, 3.05) is 18.0 Å². The third-order valence-electron chi connectivity index (χ3n) is 3.48. The molecular formula is C13H19N7. The number of hydrogen-bond donors (Lipinski definition) is 1. The van der Waals surface area contributed by atoms with Gasteiger partial charge >= 0.3 is 0 Å². The molecule has 1 N–H and O–H groups in total. The van der Waals surface area contributed by atoms with Gasteiger partial charge in [-0.1, -0.05) is 5.21 Å². The molecule has 106 valence electrons. The number of nitrogens with one attached hydrogen (secondary N) is 1. The van der Waals surface area contributed by atoms with Crippen LogP contribution in [0, 0.1) is 0 Å². The van der Waals surface area contributed by atoms with Gasteiger partial charge in [-0.2, -0.15) is 0 Å². The number of piperidine rings is 1. The summed E-state index contributed by atoms with van der Waals surface area (Å²) in [6, 6.07) is 2.28. The van der Waals surface area contributed by atoms with Crippen molar-refractivity contribution >= 4 is 5.95 Å². The van der Waals surface area contributed by atoms with Gasteiger partial charge < -0.3 is 10.2 Å². The van der Waals surface area contributed by atoms with Gasteiger partial charge in [0.2, 0.25) is 5.95 Å². The Morgan fingerprint density at radius 3 is 2.95 bits per heavy atom. The zero-order valence-electron chi connectivity index (χ0n) is 11.6. The number of nitrogens with zero attached hydrogens (tertiary/aromatic N) is 6. The molecule has 3 rings (SSSR count). The number of aromatic nitrogens is 5. The Kier molecular flexibility index (Phi) is 3.87. The lowest BCUT2D eigenvalue weighted by Gasteiger charge is -2.33. The molecule has 1 saturated heterocycles. The van der Waals surface area contributed by atoms with Crippen LogP contribution in [0.25, 0.3) is 0 Å². The Morgan fingerprint density at radius 1 is 1.35 bits per heavy atom. The smallest absolute Gasteiger partial charge is 0.225 e. The van der Waals surface area contributed by atoms with Crippen molar-refractivity contribution in [1.29, 1.82) is 0 Å². The van der Waals surface area contributed by atoms with Crippen LogP contribution < -0.4 is 10.2 Å². The Hall–Kier alpha value is -2.02. The third kappa shape index (κ3) is 3.11. The molecule has 0 radical (unpaired) electrons. The fourth-order valence-corrected chi connectivity index (χ4v) is 2.51. The van der Waals surface area contributed by atoms with E-state index in [1.165, 1.54) is 6.42 Å². The van der Waals surface area contributed by atoms with Crippen LogP contribution in [0.4, 0.5) is 5.95 Å². The molecule has 0 spiro atoms. The Morgan fingerprint density at radius 2 is 2.20 bits per heavy atom. The second-order valence-electron chi connectivity index (χ2n) is 5.10. The Labute approximate surface area is 118 Å². The molecule has 0 saturated carbocycles. The van der Waals surface area contributed by atoms with E-state index in [2.05, 4.69) is 30.5 Å². The molecule has 0 aliphatic carbocycles. The molecule has 2 aromatic rings. The van der Waals surface area contributed by atoms with Gasteiger partial charge in [-0.25, -0.2) is 9.97 Å². The molecule has 0 aromatic carbocycles. The van der Waals surface area contributed by atoms with Crippen molar-refractivity contribution in [1.82, 2.24) is 30.3 Å². The van der Waals surface area contributed by atoms with Gasteiger partial charge in [0.05, 0.1) is 5.69 Å². The molecule has 2 aromatic heterocycles. The van der Waals surface area contributed by atoms with Crippen LogP contribution in [0.3, 0.4) is 0 Å². The van der Waals surface area contributed by atoms with Gasteiger partial charge in [-0.05, 0) is 18.9 Å². The van der Waals surface area contributed by atoms with Crippen LogP contribution in [0.1, 0.15) is 18.5 Å². The predicted molar refractivity (Wildman–Crippen MR) is 75.1 cm³/mol. The molecule has 1 fully saturated rings. The summed E-state index contributed by atoms with van der Waals surface area (Å²) in [5, 5.41) is 11.6. The first-order valence-corrected chi connectivity index (χ1v) is 6.92. The van der Waals surface area contributed by atoms with Crippen LogP contribution >= 0.6 is 0 Å².